The molecule has 11 heteroatoms. The Balaban J connectivity index is 1.50. The number of rotatable bonds is 10. The van der Waals surface area contributed by atoms with Gasteiger partial charge >= 0.3 is 0 Å². The van der Waals surface area contributed by atoms with E-state index in [1.165, 1.54) is 48.3 Å². The topological polar surface area (TPSA) is 102 Å². The SMILES string of the molecule is COc1ccc(C2C(C(=O)C=Cc3ccccc3)=C(O)C(=O)N2c2nnc(SCc3ccc(Cl)cc3)s2)cc1OC. The number of anilines is 1. The quantitative estimate of drug-likeness (QED) is 0.121. The van der Waals surface area contributed by atoms with E-state index >= 15 is 0 Å². The highest BCUT2D eigenvalue weighted by molar-refractivity contribution is 8.00. The van der Waals surface area contributed by atoms with E-state index in [4.69, 9.17) is 21.1 Å². The average Bonchev–Trinajstić information content (AvgIpc) is 3.57. The minimum Gasteiger partial charge on any atom is -0.503 e. The van der Waals surface area contributed by atoms with Crippen molar-refractivity contribution in [3.8, 4) is 11.5 Å². The van der Waals surface area contributed by atoms with Gasteiger partial charge in [0.05, 0.1) is 25.8 Å². The van der Waals surface area contributed by atoms with E-state index in [0.29, 0.717) is 32.2 Å². The van der Waals surface area contributed by atoms with E-state index in [2.05, 4.69) is 10.2 Å². The number of carbonyl (C=O) groups is 2. The number of benzene rings is 3. The standard InChI is InChI=1S/C30H24ClN3O5S2/c1-38-23-15-11-20(16-24(23)39-2)26-25(22(35)14-10-18-6-4-3-5-7-18)27(36)28(37)34(26)29-32-33-30(41-29)40-17-19-8-12-21(31)13-9-19/h3-16,26,36H,17H2,1-2H3. The van der Waals surface area contributed by atoms with Gasteiger partial charge in [0.2, 0.25) is 5.13 Å². The Hall–Kier alpha value is -4.12. The van der Waals surface area contributed by atoms with Gasteiger partial charge in [-0.3, -0.25) is 14.5 Å². The van der Waals surface area contributed by atoms with Gasteiger partial charge in [0, 0.05) is 10.8 Å². The van der Waals surface area contributed by atoms with Crippen molar-refractivity contribution in [1.82, 2.24) is 10.2 Å². The maximum absolute atomic E-state index is 13.5. The minimum atomic E-state index is -0.975. The fourth-order valence-corrected chi connectivity index (χ4v) is 6.25. The lowest BCUT2D eigenvalue weighted by atomic mass is 9.95. The largest absolute Gasteiger partial charge is 0.503 e. The molecule has 0 spiro atoms. The molecule has 1 aliphatic heterocycles. The van der Waals surface area contributed by atoms with Crippen LogP contribution in [0.1, 0.15) is 22.7 Å². The fraction of sp³-hybridized carbons (Fsp3) is 0.133. The van der Waals surface area contributed by atoms with Gasteiger partial charge in [0.1, 0.15) is 0 Å². The summed E-state index contributed by atoms with van der Waals surface area (Å²) in [7, 11) is 3.01. The number of hydrogen-bond donors (Lipinski definition) is 1. The summed E-state index contributed by atoms with van der Waals surface area (Å²) in [6.45, 7) is 0. The number of aliphatic hydroxyl groups is 1. The fourth-order valence-electron chi connectivity index (χ4n) is 4.30. The number of thioether (sulfide) groups is 1. The Morgan fingerprint density at radius 1 is 1.05 bits per heavy atom. The van der Waals surface area contributed by atoms with E-state index in [0.717, 1.165) is 11.1 Å². The highest BCUT2D eigenvalue weighted by atomic mass is 35.5. The summed E-state index contributed by atoms with van der Waals surface area (Å²) in [6.07, 6.45) is 2.98. The summed E-state index contributed by atoms with van der Waals surface area (Å²) in [4.78, 5) is 28.3. The molecule has 1 aliphatic rings. The number of halogens is 1. The molecule has 1 aromatic heterocycles. The summed E-state index contributed by atoms with van der Waals surface area (Å²) in [5, 5.41) is 20.4. The van der Waals surface area contributed by atoms with Crippen molar-refractivity contribution >= 4 is 57.6 Å². The third kappa shape index (κ3) is 6.14. The lowest BCUT2D eigenvalue weighted by molar-refractivity contribution is -0.117. The monoisotopic (exact) mass is 605 g/mol. The van der Waals surface area contributed by atoms with Crippen LogP contribution in [-0.2, 0) is 15.3 Å². The van der Waals surface area contributed by atoms with Gasteiger partial charge in [-0.1, -0.05) is 89.3 Å². The first-order valence-corrected chi connectivity index (χ1v) is 14.5. The predicted molar refractivity (Wildman–Crippen MR) is 161 cm³/mol. The number of aromatic nitrogens is 2. The van der Waals surface area contributed by atoms with Crippen LogP contribution >= 0.6 is 34.7 Å². The number of nitrogens with zero attached hydrogens (tertiary/aromatic N) is 3. The molecule has 1 atom stereocenters. The Morgan fingerprint density at radius 2 is 1.78 bits per heavy atom. The van der Waals surface area contributed by atoms with Crippen molar-refractivity contribution in [2.45, 2.75) is 16.1 Å². The van der Waals surface area contributed by atoms with Gasteiger partial charge in [-0.05, 0) is 47.0 Å². The highest BCUT2D eigenvalue weighted by Crippen LogP contribution is 2.45. The number of carbonyl (C=O) groups excluding carboxylic acids is 2. The Kier molecular flexibility index (Phi) is 8.72. The van der Waals surface area contributed by atoms with Crippen LogP contribution < -0.4 is 14.4 Å². The van der Waals surface area contributed by atoms with Gasteiger partial charge in [0.25, 0.3) is 5.91 Å². The van der Waals surface area contributed by atoms with E-state index in [1.54, 1.807) is 24.3 Å². The number of aliphatic hydroxyl groups excluding tert-OH is 1. The molecule has 0 aliphatic carbocycles. The van der Waals surface area contributed by atoms with Crippen molar-refractivity contribution in [2.24, 2.45) is 0 Å². The van der Waals surface area contributed by atoms with Crippen LogP contribution in [0.2, 0.25) is 5.02 Å². The summed E-state index contributed by atoms with van der Waals surface area (Å²) < 4.78 is 11.5. The van der Waals surface area contributed by atoms with Gasteiger partial charge in [-0.25, -0.2) is 0 Å². The number of amides is 1. The molecule has 0 bridgehead atoms. The molecule has 0 radical (unpaired) electrons. The minimum absolute atomic E-state index is 0.0695. The second-order valence-corrected chi connectivity index (χ2v) is 11.4. The molecule has 5 rings (SSSR count). The predicted octanol–water partition coefficient (Wildman–Crippen LogP) is 6.68. The first kappa shape index (κ1) is 28.4. The molecule has 4 aromatic rings. The number of allylic oxidation sites excluding steroid dienone is 1. The van der Waals surface area contributed by atoms with Crippen molar-refractivity contribution in [2.75, 3.05) is 19.1 Å². The second-order valence-electron chi connectivity index (χ2n) is 8.83. The number of methoxy groups -OCH3 is 2. The number of hydrogen-bond acceptors (Lipinski definition) is 9. The van der Waals surface area contributed by atoms with Crippen LogP contribution in [0, 0.1) is 0 Å². The van der Waals surface area contributed by atoms with Crippen LogP contribution in [0.5, 0.6) is 11.5 Å². The third-order valence-electron chi connectivity index (χ3n) is 6.30. The molecule has 208 valence electrons. The lowest BCUT2D eigenvalue weighted by Gasteiger charge is -2.24. The molecular weight excluding hydrogens is 582 g/mol. The van der Waals surface area contributed by atoms with Crippen LogP contribution in [0.4, 0.5) is 5.13 Å². The molecule has 41 heavy (non-hydrogen) atoms. The maximum Gasteiger partial charge on any atom is 0.296 e. The van der Waals surface area contributed by atoms with E-state index < -0.39 is 23.5 Å². The third-order valence-corrected chi connectivity index (χ3v) is 8.68. The summed E-state index contributed by atoms with van der Waals surface area (Å²) >= 11 is 8.63. The molecule has 1 N–H and O–H groups in total. The first-order valence-electron chi connectivity index (χ1n) is 12.4. The molecule has 0 saturated heterocycles. The average molecular weight is 606 g/mol. The number of ether oxygens (including phenoxy) is 2. The molecule has 0 saturated carbocycles. The van der Waals surface area contributed by atoms with Crippen molar-refractivity contribution < 1.29 is 24.2 Å². The smallest absolute Gasteiger partial charge is 0.296 e. The molecule has 8 nitrogen and oxygen atoms in total. The summed E-state index contributed by atoms with van der Waals surface area (Å²) in [5.41, 5.74) is 2.31. The molecule has 3 aromatic carbocycles. The molecule has 1 unspecified atom stereocenters. The van der Waals surface area contributed by atoms with Gasteiger partial charge < -0.3 is 14.6 Å². The summed E-state index contributed by atoms with van der Waals surface area (Å²) in [6, 6.07) is 20.9. The lowest BCUT2D eigenvalue weighted by Crippen LogP contribution is -2.30. The maximum atomic E-state index is 13.5. The van der Waals surface area contributed by atoms with Crippen LogP contribution in [0.15, 0.2) is 94.5 Å². The highest BCUT2D eigenvalue weighted by Gasteiger charge is 2.45. The van der Waals surface area contributed by atoms with Crippen LogP contribution in [0.25, 0.3) is 6.08 Å². The van der Waals surface area contributed by atoms with Crippen molar-refractivity contribution in [3.63, 3.8) is 0 Å². The van der Waals surface area contributed by atoms with Gasteiger partial charge in [-0.2, -0.15) is 0 Å². The first-order chi connectivity index (χ1) is 19.9. The van der Waals surface area contributed by atoms with Crippen LogP contribution in [0.3, 0.4) is 0 Å². The Bertz CT molecular complexity index is 1640. The van der Waals surface area contributed by atoms with Crippen molar-refractivity contribution in [1.29, 1.82) is 0 Å². The van der Waals surface area contributed by atoms with Gasteiger partial charge in [0.15, 0.2) is 27.4 Å². The second kappa shape index (κ2) is 12.6. The molecular formula is C30H24ClN3O5S2. The zero-order valence-electron chi connectivity index (χ0n) is 22.0. The zero-order chi connectivity index (χ0) is 28.9. The molecule has 1 amide bonds. The number of ketones is 1. The normalized spacial score (nSPS) is 15.1. The van der Waals surface area contributed by atoms with E-state index in [9.17, 15) is 14.7 Å². The molecule has 0 fully saturated rings. The molecule has 2 heterocycles. The van der Waals surface area contributed by atoms with E-state index in [1.807, 2.05) is 54.6 Å². The van der Waals surface area contributed by atoms with Gasteiger partial charge in [-0.15, -0.1) is 10.2 Å². The Labute approximate surface area is 249 Å². The summed E-state index contributed by atoms with van der Waals surface area (Å²) in [5.74, 6) is -0.384. The van der Waals surface area contributed by atoms with Crippen LogP contribution in [-0.4, -0.2) is 41.2 Å². The zero-order valence-corrected chi connectivity index (χ0v) is 24.4. The van der Waals surface area contributed by atoms with Crippen molar-refractivity contribution in [3.05, 3.63) is 112 Å². The van der Waals surface area contributed by atoms with E-state index in [-0.39, 0.29) is 10.7 Å². The Morgan fingerprint density at radius 3 is 2.49 bits per heavy atom.